The van der Waals surface area contributed by atoms with Gasteiger partial charge in [-0.15, -0.1) is 10.2 Å². The van der Waals surface area contributed by atoms with Crippen molar-refractivity contribution in [1.29, 1.82) is 0 Å². The van der Waals surface area contributed by atoms with Gasteiger partial charge in [0.25, 0.3) is 5.91 Å². The van der Waals surface area contributed by atoms with Crippen LogP contribution in [0.4, 0.5) is 11.5 Å². The van der Waals surface area contributed by atoms with Crippen LogP contribution in [-0.2, 0) is 6.54 Å². The fourth-order valence-electron chi connectivity index (χ4n) is 3.82. The number of aromatic nitrogens is 2. The Morgan fingerprint density at radius 2 is 1.87 bits per heavy atom. The van der Waals surface area contributed by atoms with E-state index < -0.39 is 0 Å². The fourth-order valence-corrected chi connectivity index (χ4v) is 4.33. The lowest BCUT2D eigenvalue weighted by molar-refractivity contribution is 0.0935. The molecule has 1 aromatic heterocycles. The van der Waals surface area contributed by atoms with Crippen molar-refractivity contribution >= 4 is 40.6 Å². The number of fused-ring (bicyclic) bond motifs is 1. The summed E-state index contributed by atoms with van der Waals surface area (Å²) in [4.78, 5) is 19.5. The molecule has 166 valence electrons. The Labute approximate surface area is 192 Å². The number of rotatable bonds is 6. The Morgan fingerprint density at radius 1 is 1.13 bits per heavy atom. The predicted octanol–water partition coefficient (Wildman–Crippen LogP) is 2.19. The first-order valence-electron chi connectivity index (χ1n) is 10.5. The van der Waals surface area contributed by atoms with Crippen LogP contribution in [0.2, 0.25) is 10.0 Å². The molecule has 8 nitrogen and oxygen atoms in total. The van der Waals surface area contributed by atoms with Gasteiger partial charge in [0.2, 0.25) is 0 Å². The second-order valence-electron chi connectivity index (χ2n) is 7.91. The third kappa shape index (κ3) is 5.38. The Hall–Kier alpha value is -2.13. The summed E-state index contributed by atoms with van der Waals surface area (Å²) in [6, 6.07) is 7.27. The molecule has 0 atom stereocenters. The van der Waals surface area contributed by atoms with Crippen LogP contribution in [0.15, 0.2) is 24.3 Å². The maximum Gasteiger partial charge on any atom is 0.271 e. The van der Waals surface area contributed by atoms with Gasteiger partial charge in [-0.3, -0.25) is 9.69 Å². The molecule has 2 aromatic rings. The molecule has 2 aliphatic heterocycles. The number of nitrogens with one attached hydrogen (secondary N) is 2. The molecule has 0 saturated carbocycles. The van der Waals surface area contributed by atoms with E-state index in [1.807, 2.05) is 18.2 Å². The van der Waals surface area contributed by atoms with Gasteiger partial charge in [0.15, 0.2) is 11.5 Å². The van der Waals surface area contributed by atoms with E-state index in [1.54, 1.807) is 6.07 Å². The summed E-state index contributed by atoms with van der Waals surface area (Å²) in [7, 11) is 2.13. The Bertz CT molecular complexity index is 914. The van der Waals surface area contributed by atoms with E-state index in [1.165, 1.54) is 0 Å². The van der Waals surface area contributed by atoms with Crippen LogP contribution < -0.4 is 15.5 Å². The molecule has 1 fully saturated rings. The molecule has 0 radical (unpaired) electrons. The first-order chi connectivity index (χ1) is 15.0. The summed E-state index contributed by atoms with van der Waals surface area (Å²) in [5.74, 6) is 0.439. The van der Waals surface area contributed by atoms with Crippen molar-refractivity contribution in [1.82, 2.24) is 25.3 Å². The number of anilines is 2. The van der Waals surface area contributed by atoms with E-state index in [0.717, 1.165) is 57.1 Å². The van der Waals surface area contributed by atoms with Crippen LogP contribution in [0.3, 0.4) is 0 Å². The van der Waals surface area contributed by atoms with Gasteiger partial charge in [0, 0.05) is 74.5 Å². The Morgan fingerprint density at radius 3 is 2.61 bits per heavy atom. The molecule has 0 bridgehead atoms. The van der Waals surface area contributed by atoms with Crippen LogP contribution in [0.5, 0.6) is 0 Å². The van der Waals surface area contributed by atoms with Gasteiger partial charge in [-0.05, 0) is 25.2 Å². The van der Waals surface area contributed by atoms with Crippen molar-refractivity contribution in [3.63, 3.8) is 0 Å². The topological polar surface area (TPSA) is 76.6 Å². The van der Waals surface area contributed by atoms with Crippen LogP contribution in [-0.4, -0.2) is 85.3 Å². The van der Waals surface area contributed by atoms with Crippen molar-refractivity contribution < 1.29 is 4.79 Å². The number of carbonyl (C=O) groups is 1. The molecule has 0 aliphatic carbocycles. The number of benzene rings is 1. The molecule has 3 heterocycles. The lowest BCUT2D eigenvalue weighted by Gasteiger charge is -2.32. The number of halogens is 2. The molecule has 0 spiro atoms. The fraction of sp³-hybridized carbons (Fsp3) is 0.476. The number of piperazine rings is 1. The van der Waals surface area contributed by atoms with Gasteiger partial charge in [-0.25, -0.2) is 0 Å². The Kier molecular flexibility index (Phi) is 7.12. The van der Waals surface area contributed by atoms with E-state index in [2.05, 4.69) is 42.6 Å². The summed E-state index contributed by atoms with van der Waals surface area (Å²) in [5.41, 5.74) is 1.98. The van der Waals surface area contributed by atoms with Gasteiger partial charge < -0.3 is 20.4 Å². The van der Waals surface area contributed by atoms with Crippen LogP contribution >= 0.6 is 23.2 Å². The van der Waals surface area contributed by atoms with Gasteiger partial charge in [0.1, 0.15) is 0 Å². The minimum absolute atomic E-state index is 0.217. The number of amides is 1. The standard InChI is InChI=1S/C21H27Cl2N7O/c1-28-9-11-29(12-10-28)7-5-25-21(31)18-13-19-20(27-26-18)24-6-8-30(19)14-15-16(22)3-2-4-17(15)23/h2-4,13H,5-12,14H2,1H3,(H,24,27)(H,25,31). The average Bonchev–Trinajstić information content (AvgIpc) is 2.77. The molecular weight excluding hydrogens is 437 g/mol. The number of likely N-dealkylation sites (N-methyl/N-ethyl adjacent to an activating group) is 1. The van der Waals surface area contributed by atoms with Gasteiger partial charge in [0.05, 0.1) is 5.69 Å². The minimum atomic E-state index is -0.217. The lowest BCUT2D eigenvalue weighted by atomic mass is 10.1. The molecule has 2 aliphatic rings. The maximum absolute atomic E-state index is 12.7. The van der Waals surface area contributed by atoms with Crippen molar-refractivity contribution in [3.05, 3.63) is 45.6 Å². The van der Waals surface area contributed by atoms with Crippen LogP contribution in [0, 0.1) is 0 Å². The highest BCUT2D eigenvalue weighted by atomic mass is 35.5. The molecule has 1 amide bonds. The van der Waals surface area contributed by atoms with Crippen molar-refractivity contribution in [2.75, 3.05) is 69.6 Å². The van der Waals surface area contributed by atoms with Crippen molar-refractivity contribution in [3.8, 4) is 0 Å². The molecule has 2 N–H and O–H groups in total. The summed E-state index contributed by atoms with van der Waals surface area (Å²) in [6.45, 7) is 7.57. The van der Waals surface area contributed by atoms with E-state index in [-0.39, 0.29) is 5.91 Å². The molecule has 1 saturated heterocycles. The quantitative estimate of drug-likeness (QED) is 0.679. The molecule has 4 rings (SSSR count). The number of hydrogen-bond acceptors (Lipinski definition) is 7. The van der Waals surface area contributed by atoms with E-state index in [4.69, 9.17) is 23.2 Å². The SMILES string of the molecule is CN1CCN(CCNC(=O)c2cc3c(nn2)NCCN3Cc2c(Cl)cccc2Cl)CC1. The largest absolute Gasteiger partial charge is 0.365 e. The normalized spacial score (nSPS) is 17.2. The zero-order valence-corrected chi connectivity index (χ0v) is 19.1. The van der Waals surface area contributed by atoms with Crippen molar-refractivity contribution in [2.45, 2.75) is 6.54 Å². The molecule has 31 heavy (non-hydrogen) atoms. The molecule has 0 unspecified atom stereocenters. The van der Waals surface area contributed by atoms with Gasteiger partial charge in [-0.1, -0.05) is 29.3 Å². The highest BCUT2D eigenvalue weighted by Crippen LogP contribution is 2.32. The number of carbonyl (C=O) groups excluding carboxylic acids is 1. The zero-order chi connectivity index (χ0) is 21.8. The number of hydrogen-bond donors (Lipinski definition) is 2. The second kappa shape index (κ2) is 9.99. The van der Waals surface area contributed by atoms with E-state index in [9.17, 15) is 4.79 Å². The Balaban J connectivity index is 1.41. The molecule has 1 aromatic carbocycles. The minimum Gasteiger partial charge on any atom is -0.365 e. The third-order valence-corrected chi connectivity index (χ3v) is 6.45. The van der Waals surface area contributed by atoms with E-state index in [0.29, 0.717) is 34.6 Å². The van der Waals surface area contributed by atoms with E-state index >= 15 is 0 Å². The highest BCUT2D eigenvalue weighted by Gasteiger charge is 2.23. The smallest absolute Gasteiger partial charge is 0.271 e. The summed E-state index contributed by atoms with van der Waals surface area (Å²) in [6.07, 6.45) is 0. The summed E-state index contributed by atoms with van der Waals surface area (Å²) < 4.78 is 0. The summed E-state index contributed by atoms with van der Waals surface area (Å²) >= 11 is 12.7. The zero-order valence-electron chi connectivity index (χ0n) is 17.6. The first-order valence-corrected chi connectivity index (χ1v) is 11.3. The molecular formula is C21H27Cl2N7O. The maximum atomic E-state index is 12.7. The van der Waals surface area contributed by atoms with Crippen LogP contribution in [0.25, 0.3) is 0 Å². The van der Waals surface area contributed by atoms with Gasteiger partial charge >= 0.3 is 0 Å². The number of nitrogens with zero attached hydrogens (tertiary/aromatic N) is 5. The lowest BCUT2D eigenvalue weighted by Crippen LogP contribution is -2.47. The predicted molar refractivity (Wildman–Crippen MR) is 124 cm³/mol. The summed E-state index contributed by atoms with van der Waals surface area (Å²) in [5, 5.41) is 15.8. The monoisotopic (exact) mass is 463 g/mol. The average molecular weight is 464 g/mol. The van der Waals surface area contributed by atoms with Gasteiger partial charge in [-0.2, -0.15) is 0 Å². The third-order valence-electron chi connectivity index (χ3n) is 5.74. The highest BCUT2D eigenvalue weighted by molar-refractivity contribution is 6.36. The van der Waals surface area contributed by atoms with Crippen LogP contribution in [0.1, 0.15) is 16.1 Å². The van der Waals surface area contributed by atoms with Crippen molar-refractivity contribution in [2.24, 2.45) is 0 Å². The molecule has 10 heteroatoms. The second-order valence-corrected chi connectivity index (χ2v) is 8.73. The first kappa shape index (κ1) is 22.1.